The molecule has 0 saturated heterocycles. The van der Waals surface area contributed by atoms with Crippen LogP contribution in [-0.2, 0) is 0 Å². The molecule has 1 heteroatoms. The van der Waals surface area contributed by atoms with E-state index in [0.29, 0.717) is 0 Å². The van der Waals surface area contributed by atoms with Crippen LogP contribution in [0.25, 0.3) is 11.1 Å². The molecule has 0 unspecified atom stereocenters. The maximum absolute atomic E-state index is 6.37. The molecule has 0 heterocycles. The van der Waals surface area contributed by atoms with Gasteiger partial charge in [0.2, 0.25) is 0 Å². The smallest absolute Gasteiger partial charge is 0.127 e. The maximum Gasteiger partial charge on any atom is 0.127 e. The summed E-state index contributed by atoms with van der Waals surface area (Å²) >= 11 is 0. The summed E-state index contributed by atoms with van der Waals surface area (Å²) in [4.78, 5) is 0. The van der Waals surface area contributed by atoms with Crippen LogP contribution in [0.4, 0.5) is 0 Å². The van der Waals surface area contributed by atoms with Crippen molar-refractivity contribution in [2.24, 2.45) is 0 Å². The third kappa shape index (κ3) is 5.81. The van der Waals surface area contributed by atoms with Crippen LogP contribution < -0.4 is 4.74 Å². The first-order chi connectivity index (χ1) is 16.4. The minimum Gasteiger partial charge on any atom is -0.493 e. The van der Waals surface area contributed by atoms with Gasteiger partial charge in [-0.15, -0.1) is 0 Å². The first-order valence-electron chi connectivity index (χ1n) is 12.0. The van der Waals surface area contributed by atoms with Crippen LogP contribution in [0.2, 0.25) is 0 Å². The van der Waals surface area contributed by atoms with Crippen LogP contribution in [0.1, 0.15) is 54.9 Å². The highest BCUT2D eigenvalue weighted by atomic mass is 16.5. The van der Waals surface area contributed by atoms with Crippen molar-refractivity contribution in [2.45, 2.75) is 32.6 Å². The third-order valence-electron chi connectivity index (χ3n) is 5.85. The van der Waals surface area contributed by atoms with Crippen LogP contribution in [0.15, 0.2) is 115 Å². The van der Waals surface area contributed by atoms with Gasteiger partial charge in [-0.25, -0.2) is 0 Å². The normalized spacial score (nSPS) is 10.6. The molecule has 0 spiro atoms. The molecule has 0 saturated carbocycles. The van der Waals surface area contributed by atoms with Gasteiger partial charge in [-0.1, -0.05) is 135 Å². The number of hydrogen-bond acceptors (Lipinski definition) is 1. The lowest BCUT2D eigenvalue weighted by atomic mass is 9.85. The molecule has 0 aliphatic heterocycles. The molecule has 0 N–H and O–H groups in total. The Bertz CT molecular complexity index is 1100. The van der Waals surface area contributed by atoms with Gasteiger partial charge >= 0.3 is 0 Å². The van der Waals surface area contributed by atoms with E-state index >= 15 is 0 Å². The standard InChI is InChI=1S/C32H32O/c1-2-3-4-16-25-33-30-24-15-14-23-29(30)32(28-21-12-7-13-22-28)31(26-17-8-5-9-18-26)27-19-10-6-11-20-27/h5-15,17-24H,2-4,16,25H2,1H3. The van der Waals surface area contributed by atoms with E-state index in [2.05, 4.69) is 122 Å². The zero-order valence-corrected chi connectivity index (χ0v) is 19.4. The van der Waals surface area contributed by atoms with Crippen LogP contribution in [0.5, 0.6) is 5.75 Å². The van der Waals surface area contributed by atoms with Crippen LogP contribution in [-0.4, -0.2) is 6.61 Å². The number of unbranched alkanes of at least 4 members (excludes halogenated alkanes) is 3. The van der Waals surface area contributed by atoms with Crippen molar-refractivity contribution in [3.05, 3.63) is 138 Å². The highest BCUT2D eigenvalue weighted by Gasteiger charge is 2.18. The van der Waals surface area contributed by atoms with Crippen molar-refractivity contribution in [3.8, 4) is 5.75 Å². The van der Waals surface area contributed by atoms with Gasteiger partial charge in [0.15, 0.2) is 0 Å². The monoisotopic (exact) mass is 432 g/mol. The van der Waals surface area contributed by atoms with E-state index in [-0.39, 0.29) is 0 Å². The quantitative estimate of drug-likeness (QED) is 0.180. The summed E-state index contributed by atoms with van der Waals surface area (Å²) in [6.07, 6.45) is 4.78. The molecule has 0 aliphatic carbocycles. The molecule has 0 bridgehead atoms. The Kier molecular flexibility index (Phi) is 8.14. The zero-order valence-electron chi connectivity index (χ0n) is 19.4. The third-order valence-corrected chi connectivity index (χ3v) is 5.85. The molecular formula is C32H32O. The SMILES string of the molecule is CCCCCCOc1ccccc1C(=C(c1ccccc1)c1ccccc1)c1ccccc1. The number of benzene rings is 4. The van der Waals surface area contributed by atoms with Crippen molar-refractivity contribution < 1.29 is 4.74 Å². The summed E-state index contributed by atoms with van der Waals surface area (Å²) in [5.74, 6) is 0.942. The summed E-state index contributed by atoms with van der Waals surface area (Å²) < 4.78 is 6.37. The van der Waals surface area contributed by atoms with E-state index in [1.54, 1.807) is 0 Å². The predicted molar refractivity (Wildman–Crippen MR) is 140 cm³/mol. The maximum atomic E-state index is 6.37. The minimum absolute atomic E-state index is 0.741. The summed E-state index contributed by atoms with van der Waals surface area (Å²) in [5.41, 5.74) is 7.10. The Morgan fingerprint density at radius 2 is 1.00 bits per heavy atom. The second kappa shape index (κ2) is 11.9. The molecule has 4 aromatic rings. The second-order valence-corrected chi connectivity index (χ2v) is 8.25. The molecule has 33 heavy (non-hydrogen) atoms. The van der Waals surface area contributed by atoms with E-state index in [1.165, 1.54) is 47.1 Å². The second-order valence-electron chi connectivity index (χ2n) is 8.25. The molecule has 0 atom stereocenters. The first-order valence-corrected chi connectivity index (χ1v) is 12.0. The Labute approximate surface area is 198 Å². The van der Waals surface area contributed by atoms with E-state index < -0.39 is 0 Å². The van der Waals surface area contributed by atoms with Crippen LogP contribution >= 0.6 is 0 Å². The molecule has 0 aliphatic rings. The van der Waals surface area contributed by atoms with Gasteiger partial charge in [-0.2, -0.15) is 0 Å². The lowest BCUT2D eigenvalue weighted by Gasteiger charge is -2.20. The number of rotatable bonds is 10. The fourth-order valence-electron chi connectivity index (χ4n) is 4.21. The van der Waals surface area contributed by atoms with Crippen molar-refractivity contribution in [3.63, 3.8) is 0 Å². The molecule has 0 radical (unpaired) electrons. The highest BCUT2D eigenvalue weighted by molar-refractivity contribution is 6.05. The summed E-state index contributed by atoms with van der Waals surface area (Å²) in [6, 6.07) is 40.5. The summed E-state index contributed by atoms with van der Waals surface area (Å²) in [7, 11) is 0. The predicted octanol–water partition coefficient (Wildman–Crippen LogP) is 8.65. The van der Waals surface area contributed by atoms with Crippen LogP contribution in [0.3, 0.4) is 0 Å². The van der Waals surface area contributed by atoms with Gasteiger partial charge in [0, 0.05) is 11.1 Å². The fourth-order valence-corrected chi connectivity index (χ4v) is 4.21. The van der Waals surface area contributed by atoms with Crippen molar-refractivity contribution >= 4 is 11.1 Å². The highest BCUT2D eigenvalue weighted by Crippen LogP contribution is 2.40. The molecule has 4 aromatic carbocycles. The average Bonchev–Trinajstić information content (AvgIpc) is 2.89. The van der Waals surface area contributed by atoms with E-state index in [1.807, 2.05) is 0 Å². The average molecular weight is 433 g/mol. The molecule has 0 fully saturated rings. The number of hydrogen-bond donors (Lipinski definition) is 0. The van der Waals surface area contributed by atoms with Crippen molar-refractivity contribution in [1.29, 1.82) is 0 Å². The van der Waals surface area contributed by atoms with Crippen molar-refractivity contribution in [2.75, 3.05) is 6.61 Å². The van der Waals surface area contributed by atoms with E-state index in [0.717, 1.165) is 24.3 Å². The van der Waals surface area contributed by atoms with Gasteiger partial charge in [0.05, 0.1) is 6.61 Å². The lowest BCUT2D eigenvalue weighted by Crippen LogP contribution is -2.03. The van der Waals surface area contributed by atoms with Gasteiger partial charge in [0.25, 0.3) is 0 Å². The van der Waals surface area contributed by atoms with E-state index in [4.69, 9.17) is 4.74 Å². The molecule has 166 valence electrons. The Hall–Kier alpha value is -3.58. The molecule has 0 amide bonds. The Morgan fingerprint density at radius 1 is 0.515 bits per heavy atom. The number of ether oxygens (including phenoxy) is 1. The van der Waals surface area contributed by atoms with Gasteiger partial charge in [-0.05, 0) is 34.8 Å². The largest absolute Gasteiger partial charge is 0.493 e. The van der Waals surface area contributed by atoms with Crippen LogP contribution in [0, 0.1) is 0 Å². The topological polar surface area (TPSA) is 9.23 Å². The molecule has 1 nitrogen and oxygen atoms in total. The number of para-hydroxylation sites is 1. The van der Waals surface area contributed by atoms with Crippen molar-refractivity contribution in [1.82, 2.24) is 0 Å². The Morgan fingerprint density at radius 3 is 1.55 bits per heavy atom. The molecule has 4 rings (SSSR count). The van der Waals surface area contributed by atoms with E-state index in [9.17, 15) is 0 Å². The van der Waals surface area contributed by atoms with Gasteiger partial charge in [0.1, 0.15) is 5.75 Å². The summed E-state index contributed by atoms with van der Waals surface area (Å²) in [6.45, 7) is 2.98. The molecular weight excluding hydrogens is 400 g/mol. The Balaban J connectivity index is 1.90. The summed E-state index contributed by atoms with van der Waals surface area (Å²) in [5, 5.41) is 0. The fraction of sp³-hybridized carbons (Fsp3) is 0.188. The molecule has 0 aromatic heterocycles. The van der Waals surface area contributed by atoms with Gasteiger partial charge < -0.3 is 4.74 Å². The zero-order chi connectivity index (χ0) is 22.7. The lowest BCUT2D eigenvalue weighted by molar-refractivity contribution is 0.304. The minimum atomic E-state index is 0.741. The first kappa shape index (κ1) is 22.6. The van der Waals surface area contributed by atoms with Gasteiger partial charge in [-0.3, -0.25) is 0 Å².